The lowest BCUT2D eigenvalue weighted by atomic mass is 10.1. The minimum Gasteiger partial charge on any atom is -0.496 e. The van der Waals surface area contributed by atoms with Crippen molar-refractivity contribution in [1.82, 2.24) is 4.98 Å². The van der Waals surface area contributed by atoms with Gasteiger partial charge in [0.25, 0.3) is 0 Å². The molecule has 0 spiro atoms. The lowest BCUT2D eigenvalue weighted by Gasteiger charge is -2.14. The fourth-order valence-corrected chi connectivity index (χ4v) is 1.81. The molecule has 3 nitrogen and oxygen atoms in total. The molecule has 1 aromatic heterocycles. The summed E-state index contributed by atoms with van der Waals surface area (Å²) in [5.41, 5.74) is 3.18. The molecule has 1 aromatic carbocycles. The molecular weight excluding hydrogens is 200 g/mol. The van der Waals surface area contributed by atoms with Crippen LogP contribution in [0.15, 0.2) is 24.4 Å². The van der Waals surface area contributed by atoms with Gasteiger partial charge >= 0.3 is 0 Å². The average molecular weight is 216 g/mol. The van der Waals surface area contributed by atoms with Crippen LogP contribution in [0.5, 0.6) is 5.75 Å². The number of hydrogen-bond donors (Lipinski definition) is 0. The summed E-state index contributed by atoms with van der Waals surface area (Å²) in [5.74, 6) is 0.911. The normalized spacial score (nSPS) is 10.5. The monoisotopic (exact) mass is 216 g/mol. The number of ether oxygens (including phenoxy) is 1. The van der Waals surface area contributed by atoms with Crippen LogP contribution in [0.4, 0.5) is 5.69 Å². The molecule has 2 aromatic rings. The first-order valence-corrected chi connectivity index (χ1v) is 5.24. The number of rotatable bonds is 2. The molecule has 0 radical (unpaired) electrons. The number of aromatic nitrogens is 1. The van der Waals surface area contributed by atoms with E-state index in [2.05, 4.69) is 22.0 Å². The first kappa shape index (κ1) is 10.7. The van der Waals surface area contributed by atoms with Gasteiger partial charge in [-0.2, -0.15) is 0 Å². The van der Waals surface area contributed by atoms with Gasteiger partial charge in [0.1, 0.15) is 5.75 Å². The first-order chi connectivity index (χ1) is 7.63. The van der Waals surface area contributed by atoms with Gasteiger partial charge in [-0.25, -0.2) is 0 Å². The minimum absolute atomic E-state index is 0.911. The Morgan fingerprint density at radius 3 is 2.62 bits per heavy atom. The molecule has 0 amide bonds. The summed E-state index contributed by atoms with van der Waals surface area (Å²) in [6.07, 6.45) is 1.84. The summed E-state index contributed by atoms with van der Waals surface area (Å²) in [7, 11) is 5.75. The van der Waals surface area contributed by atoms with E-state index < -0.39 is 0 Å². The molecule has 16 heavy (non-hydrogen) atoms. The number of fused-ring (bicyclic) bond motifs is 1. The standard InChI is InChI=1S/C13H16N2O/c1-9-8-14-12-6-5-10(15(2)3)7-11(12)13(9)16-4/h5-8H,1-4H3. The third-order valence-electron chi connectivity index (χ3n) is 2.70. The molecule has 0 bridgehead atoms. The highest BCUT2D eigenvalue weighted by Gasteiger charge is 2.07. The predicted octanol–water partition coefficient (Wildman–Crippen LogP) is 2.62. The third kappa shape index (κ3) is 1.69. The molecule has 0 aliphatic carbocycles. The Morgan fingerprint density at radius 2 is 2.00 bits per heavy atom. The molecule has 0 atom stereocenters. The number of anilines is 1. The van der Waals surface area contributed by atoms with Crippen LogP contribution >= 0.6 is 0 Å². The van der Waals surface area contributed by atoms with Crippen molar-refractivity contribution in [2.45, 2.75) is 6.92 Å². The van der Waals surface area contributed by atoms with E-state index in [9.17, 15) is 0 Å². The largest absolute Gasteiger partial charge is 0.496 e. The first-order valence-electron chi connectivity index (χ1n) is 5.24. The van der Waals surface area contributed by atoms with Crippen LogP contribution in [0.2, 0.25) is 0 Å². The highest BCUT2D eigenvalue weighted by molar-refractivity contribution is 5.89. The highest BCUT2D eigenvalue weighted by Crippen LogP contribution is 2.30. The Hall–Kier alpha value is -1.77. The Bertz CT molecular complexity index is 521. The molecule has 0 unspecified atom stereocenters. The van der Waals surface area contributed by atoms with Crippen molar-refractivity contribution in [1.29, 1.82) is 0 Å². The zero-order valence-corrected chi connectivity index (χ0v) is 10.1. The number of nitrogens with zero attached hydrogens (tertiary/aromatic N) is 2. The number of pyridine rings is 1. The van der Waals surface area contributed by atoms with Crippen LogP contribution in [0, 0.1) is 6.92 Å². The lowest BCUT2D eigenvalue weighted by molar-refractivity contribution is 0.416. The molecule has 0 saturated carbocycles. The van der Waals surface area contributed by atoms with E-state index in [1.165, 1.54) is 0 Å². The van der Waals surface area contributed by atoms with Crippen LogP contribution in [0.3, 0.4) is 0 Å². The van der Waals surface area contributed by atoms with Crippen LogP contribution in [-0.4, -0.2) is 26.2 Å². The van der Waals surface area contributed by atoms with Gasteiger partial charge in [-0.05, 0) is 25.1 Å². The highest BCUT2D eigenvalue weighted by atomic mass is 16.5. The van der Waals surface area contributed by atoms with Gasteiger partial charge in [0.2, 0.25) is 0 Å². The molecule has 0 fully saturated rings. The van der Waals surface area contributed by atoms with Crippen LogP contribution in [0.1, 0.15) is 5.56 Å². The Labute approximate surface area is 95.7 Å². The maximum Gasteiger partial charge on any atom is 0.132 e. The molecule has 0 saturated heterocycles. The van der Waals surface area contributed by atoms with E-state index in [1.54, 1.807) is 7.11 Å². The second-order valence-electron chi connectivity index (χ2n) is 4.07. The molecule has 0 aliphatic heterocycles. The summed E-state index contributed by atoms with van der Waals surface area (Å²) in [4.78, 5) is 6.46. The SMILES string of the molecule is COc1c(C)cnc2ccc(N(C)C)cc12. The summed E-state index contributed by atoms with van der Waals surface area (Å²) in [6.45, 7) is 2.01. The van der Waals surface area contributed by atoms with Crippen molar-refractivity contribution in [2.24, 2.45) is 0 Å². The van der Waals surface area contributed by atoms with Crippen LogP contribution < -0.4 is 9.64 Å². The Balaban J connectivity index is 2.73. The zero-order valence-electron chi connectivity index (χ0n) is 10.1. The van der Waals surface area contributed by atoms with Crippen molar-refractivity contribution >= 4 is 16.6 Å². The van der Waals surface area contributed by atoms with Gasteiger partial charge < -0.3 is 9.64 Å². The number of aryl methyl sites for hydroxylation is 1. The minimum atomic E-state index is 0.911. The van der Waals surface area contributed by atoms with Crippen molar-refractivity contribution in [3.8, 4) is 5.75 Å². The van der Waals surface area contributed by atoms with E-state index in [0.717, 1.165) is 27.9 Å². The van der Waals surface area contributed by atoms with Crippen LogP contribution in [-0.2, 0) is 0 Å². The van der Waals surface area contributed by atoms with Crippen molar-refractivity contribution in [2.75, 3.05) is 26.1 Å². The van der Waals surface area contributed by atoms with Crippen molar-refractivity contribution < 1.29 is 4.74 Å². The molecule has 1 heterocycles. The second kappa shape index (κ2) is 4.00. The molecule has 0 aliphatic rings. The maximum absolute atomic E-state index is 5.43. The van der Waals surface area contributed by atoms with Gasteiger partial charge in [0.15, 0.2) is 0 Å². The molecular formula is C13H16N2O. The van der Waals surface area contributed by atoms with Crippen molar-refractivity contribution in [3.63, 3.8) is 0 Å². The second-order valence-corrected chi connectivity index (χ2v) is 4.07. The molecule has 84 valence electrons. The third-order valence-corrected chi connectivity index (χ3v) is 2.70. The molecule has 3 heteroatoms. The van der Waals surface area contributed by atoms with E-state index in [4.69, 9.17) is 4.74 Å². The summed E-state index contributed by atoms with van der Waals surface area (Å²) in [5, 5.41) is 1.06. The number of hydrogen-bond acceptors (Lipinski definition) is 3. The summed E-state index contributed by atoms with van der Waals surface area (Å²) >= 11 is 0. The van der Waals surface area contributed by atoms with Gasteiger partial charge in [0.05, 0.1) is 12.6 Å². The van der Waals surface area contributed by atoms with Gasteiger partial charge in [-0.15, -0.1) is 0 Å². The van der Waals surface area contributed by atoms with Gasteiger partial charge in [-0.3, -0.25) is 4.98 Å². The fourth-order valence-electron chi connectivity index (χ4n) is 1.81. The summed E-state index contributed by atoms with van der Waals surface area (Å²) in [6, 6.07) is 6.19. The van der Waals surface area contributed by atoms with Gasteiger partial charge in [0, 0.05) is 36.9 Å². The number of benzene rings is 1. The fraction of sp³-hybridized carbons (Fsp3) is 0.308. The van der Waals surface area contributed by atoms with Crippen molar-refractivity contribution in [3.05, 3.63) is 30.0 Å². The van der Waals surface area contributed by atoms with E-state index in [-0.39, 0.29) is 0 Å². The van der Waals surface area contributed by atoms with E-state index >= 15 is 0 Å². The molecule has 2 rings (SSSR count). The van der Waals surface area contributed by atoms with E-state index in [1.807, 2.05) is 33.3 Å². The number of methoxy groups -OCH3 is 1. The smallest absolute Gasteiger partial charge is 0.132 e. The quantitative estimate of drug-likeness (QED) is 0.771. The van der Waals surface area contributed by atoms with Gasteiger partial charge in [-0.1, -0.05) is 0 Å². The van der Waals surface area contributed by atoms with Crippen LogP contribution in [0.25, 0.3) is 10.9 Å². The predicted molar refractivity (Wildman–Crippen MR) is 67.4 cm³/mol. The average Bonchev–Trinajstić information content (AvgIpc) is 2.28. The Morgan fingerprint density at radius 1 is 1.25 bits per heavy atom. The lowest BCUT2D eigenvalue weighted by Crippen LogP contribution is -2.08. The molecule has 0 N–H and O–H groups in total. The maximum atomic E-state index is 5.43. The van der Waals surface area contributed by atoms with E-state index in [0.29, 0.717) is 0 Å². The Kier molecular flexibility index (Phi) is 2.69. The zero-order chi connectivity index (χ0) is 11.7. The summed E-state index contributed by atoms with van der Waals surface area (Å²) < 4.78 is 5.43. The topological polar surface area (TPSA) is 25.4 Å².